The van der Waals surface area contributed by atoms with Crippen LogP contribution in [-0.2, 0) is 18.1 Å². The van der Waals surface area contributed by atoms with Gasteiger partial charge in [0.25, 0.3) is 0 Å². The molecule has 0 amide bonds. The molecule has 0 fully saturated rings. The van der Waals surface area contributed by atoms with Gasteiger partial charge >= 0.3 is 6.18 Å². The molecule has 0 bridgehead atoms. The summed E-state index contributed by atoms with van der Waals surface area (Å²) in [6.07, 6.45) is -4.42. The first-order valence-corrected chi connectivity index (χ1v) is 8.82. The predicted octanol–water partition coefficient (Wildman–Crippen LogP) is 6.52. The van der Waals surface area contributed by atoms with E-state index in [-0.39, 0.29) is 5.41 Å². The lowest BCUT2D eigenvalue weighted by Crippen LogP contribution is -2.10. The van der Waals surface area contributed by atoms with Crippen LogP contribution in [0.4, 0.5) is 13.2 Å². The number of hydrogen-bond acceptors (Lipinski definition) is 1. The maximum atomic E-state index is 13.1. The Labute approximate surface area is 156 Å². The fourth-order valence-corrected chi connectivity index (χ4v) is 3.40. The highest BCUT2D eigenvalue weighted by Gasteiger charge is 2.31. The highest BCUT2D eigenvalue weighted by molar-refractivity contribution is 5.95. The smallest absolute Gasteiger partial charge is 0.340 e. The molecule has 140 valence electrons. The lowest BCUT2D eigenvalue weighted by atomic mass is 9.86. The van der Waals surface area contributed by atoms with E-state index in [2.05, 4.69) is 26.8 Å². The average molecular weight is 370 g/mol. The maximum Gasteiger partial charge on any atom is 0.416 e. The first-order chi connectivity index (χ1) is 12.6. The van der Waals surface area contributed by atoms with Crippen LogP contribution in [0.5, 0.6) is 0 Å². The van der Waals surface area contributed by atoms with Crippen LogP contribution in [0.1, 0.15) is 44.4 Å². The number of rotatable bonds is 2. The Morgan fingerprint density at radius 2 is 1.56 bits per heavy atom. The van der Waals surface area contributed by atoms with Gasteiger partial charge in [-0.25, -0.2) is 0 Å². The number of aromatic nitrogens is 1. The first kappa shape index (κ1) is 19.0. The summed E-state index contributed by atoms with van der Waals surface area (Å²) >= 11 is 0. The zero-order chi connectivity index (χ0) is 20.0. The van der Waals surface area contributed by atoms with Crippen molar-refractivity contribution in [2.75, 3.05) is 0 Å². The zero-order valence-electron chi connectivity index (χ0n) is 15.8. The van der Waals surface area contributed by atoms with Crippen LogP contribution in [-0.4, -0.2) is 4.57 Å². The van der Waals surface area contributed by atoms with Crippen molar-refractivity contribution in [3.63, 3.8) is 0 Å². The summed E-state index contributed by atoms with van der Waals surface area (Å²) in [5, 5.41) is 10.3. The quantitative estimate of drug-likeness (QED) is 0.505. The number of fused-ring (bicyclic) bond motifs is 1. The summed E-state index contributed by atoms with van der Waals surface area (Å²) in [4.78, 5) is 0. The summed E-state index contributed by atoms with van der Waals surface area (Å²) in [5.41, 5.74) is 2.77. The molecule has 27 heavy (non-hydrogen) atoms. The molecular formula is C22H21F3N2. The van der Waals surface area contributed by atoms with Crippen molar-refractivity contribution >= 4 is 10.9 Å². The van der Waals surface area contributed by atoms with Gasteiger partial charge in [-0.3, -0.25) is 0 Å². The molecule has 0 aliphatic heterocycles. The van der Waals surface area contributed by atoms with E-state index in [0.717, 1.165) is 23.3 Å². The second-order valence-corrected chi connectivity index (χ2v) is 7.64. The molecule has 0 aliphatic carbocycles. The van der Waals surface area contributed by atoms with E-state index in [4.69, 9.17) is 0 Å². The number of alkyl halides is 3. The molecule has 0 spiro atoms. The van der Waals surface area contributed by atoms with Crippen LogP contribution in [0.3, 0.4) is 0 Å². The van der Waals surface area contributed by atoms with Crippen LogP contribution in [0.25, 0.3) is 22.2 Å². The molecule has 0 atom stereocenters. The number of benzene rings is 2. The minimum atomic E-state index is -4.42. The predicted molar refractivity (Wildman–Crippen MR) is 101 cm³/mol. The van der Waals surface area contributed by atoms with Gasteiger partial charge in [0.1, 0.15) is 6.07 Å². The van der Waals surface area contributed by atoms with Crippen molar-refractivity contribution in [2.45, 2.75) is 45.8 Å². The van der Waals surface area contributed by atoms with E-state index in [0.29, 0.717) is 28.7 Å². The summed E-state index contributed by atoms with van der Waals surface area (Å²) in [6, 6.07) is 13.7. The van der Waals surface area contributed by atoms with Gasteiger partial charge in [-0.05, 0) is 35.6 Å². The Morgan fingerprint density at radius 1 is 0.963 bits per heavy atom. The van der Waals surface area contributed by atoms with Crippen molar-refractivity contribution in [3.8, 4) is 17.3 Å². The molecule has 0 saturated carbocycles. The fourth-order valence-electron chi connectivity index (χ4n) is 3.40. The normalized spacial score (nSPS) is 12.4. The molecule has 0 aliphatic rings. The van der Waals surface area contributed by atoms with E-state index in [1.54, 1.807) is 4.57 Å². The highest BCUT2D eigenvalue weighted by Crippen LogP contribution is 2.38. The van der Waals surface area contributed by atoms with Crippen molar-refractivity contribution in [2.24, 2.45) is 0 Å². The Balaban J connectivity index is 2.28. The number of aryl methyl sites for hydroxylation is 1. The molecule has 1 aromatic heterocycles. The Hall–Kier alpha value is -2.74. The average Bonchev–Trinajstić information content (AvgIpc) is 2.93. The number of halogens is 3. The van der Waals surface area contributed by atoms with Gasteiger partial charge in [-0.1, -0.05) is 51.1 Å². The molecule has 3 aromatic rings. The molecule has 0 saturated heterocycles. The monoisotopic (exact) mass is 370 g/mol. The third-order valence-corrected chi connectivity index (χ3v) is 4.84. The van der Waals surface area contributed by atoms with Gasteiger partial charge in [-0.15, -0.1) is 0 Å². The summed E-state index contributed by atoms with van der Waals surface area (Å²) in [5.74, 6) is 0. The first-order valence-electron chi connectivity index (χ1n) is 8.82. The minimum Gasteiger partial charge on any atom is -0.340 e. The van der Waals surface area contributed by atoms with Crippen LogP contribution < -0.4 is 0 Å². The van der Waals surface area contributed by atoms with Gasteiger partial charge in [0.15, 0.2) is 0 Å². The second kappa shape index (κ2) is 6.45. The van der Waals surface area contributed by atoms with E-state index in [9.17, 15) is 18.4 Å². The number of nitriles is 1. The standard InChI is InChI=1S/C22H21F3N2/c1-5-27-19-12-16(22(23,24)25)10-11-17(19)18(13-26)20(27)14-6-8-15(9-7-14)21(2,3)4/h6-12H,5H2,1-4H3. The third-order valence-electron chi connectivity index (χ3n) is 4.84. The van der Waals surface area contributed by atoms with Gasteiger partial charge in [0.2, 0.25) is 0 Å². The molecule has 0 unspecified atom stereocenters. The van der Waals surface area contributed by atoms with E-state index in [1.165, 1.54) is 6.07 Å². The lowest BCUT2D eigenvalue weighted by molar-refractivity contribution is -0.137. The highest BCUT2D eigenvalue weighted by atomic mass is 19.4. The van der Waals surface area contributed by atoms with Crippen LogP contribution in [0.2, 0.25) is 0 Å². The molecule has 0 N–H and O–H groups in total. The van der Waals surface area contributed by atoms with Crippen molar-refractivity contribution in [1.29, 1.82) is 5.26 Å². The Kier molecular flexibility index (Phi) is 4.55. The number of hydrogen-bond donors (Lipinski definition) is 0. The summed E-state index contributed by atoms with van der Waals surface area (Å²) < 4.78 is 41.2. The molecule has 1 heterocycles. The molecule has 0 radical (unpaired) electrons. The zero-order valence-corrected chi connectivity index (χ0v) is 15.8. The van der Waals surface area contributed by atoms with Gasteiger partial charge in [0.05, 0.1) is 22.3 Å². The van der Waals surface area contributed by atoms with Gasteiger partial charge in [0, 0.05) is 11.9 Å². The van der Waals surface area contributed by atoms with Crippen molar-refractivity contribution in [3.05, 3.63) is 59.2 Å². The van der Waals surface area contributed by atoms with Crippen LogP contribution in [0.15, 0.2) is 42.5 Å². The fraction of sp³-hybridized carbons (Fsp3) is 0.318. The van der Waals surface area contributed by atoms with Gasteiger partial charge < -0.3 is 4.57 Å². The Bertz CT molecular complexity index is 1030. The molecular weight excluding hydrogens is 349 g/mol. The Morgan fingerprint density at radius 3 is 2.04 bits per heavy atom. The van der Waals surface area contributed by atoms with Crippen molar-refractivity contribution < 1.29 is 13.2 Å². The second-order valence-electron chi connectivity index (χ2n) is 7.64. The van der Waals surface area contributed by atoms with E-state index in [1.807, 2.05) is 31.2 Å². The minimum absolute atomic E-state index is 0.00430. The topological polar surface area (TPSA) is 28.7 Å². The summed E-state index contributed by atoms with van der Waals surface area (Å²) in [7, 11) is 0. The molecule has 2 aromatic carbocycles. The summed E-state index contributed by atoms with van der Waals surface area (Å²) in [6.45, 7) is 8.68. The van der Waals surface area contributed by atoms with Gasteiger partial charge in [-0.2, -0.15) is 18.4 Å². The van der Waals surface area contributed by atoms with Crippen molar-refractivity contribution in [1.82, 2.24) is 4.57 Å². The third kappa shape index (κ3) is 3.32. The molecule has 2 nitrogen and oxygen atoms in total. The van der Waals surface area contributed by atoms with Crippen LogP contribution >= 0.6 is 0 Å². The van der Waals surface area contributed by atoms with Crippen LogP contribution in [0, 0.1) is 11.3 Å². The molecule has 3 rings (SSSR count). The largest absolute Gasteiger partial charge is 0.416 e. The van der Waals surface area contributed by atoms with E-state index >= 15 is 0 Å². The lowest BCUT2D eigenvalue weighted by Gasteiger charge is -2.19. The molecule has 5 heteroatoms. The number of nitrogens with zero attached hydrogens (tertiary/aromatic N) is 2. The SMILES string of the molecule is CCn1c(-c2ccc(C(C)(C)C)cc2)c(C#N)c2ccc(C(F)(F)F)cc21. The van der Waals surface area contributed by atoms with E-state index < -0.39 is 11.7 Å². The maximum absolute atomic E-state index is 13.1.